The van der Waals surface area contributed by atoms with Crippen LogP contribution >= 0.6 is 0 Å². The first-order valence-electron chi connectivity index (χ1n) is 5.06. The van der Waals surface area contributed by atoms with Crippen LogP contribution in [0.1, 0.15) is 5.56 Å². The Balaban J connectivity index is 2.19. The number of fused-ring (bicyclic) bond motifs is 1. The van der Waals surface area contributed by atoms with E-state index in [2.05, 4.69) is 12.6 Å². The van der Waals surface area contributed by atoms with E-state index in [0.29, 0.717) is 0 Å². The van der Waals surface area contributed by atoms with Crippen LogP contribution in [0.4, 0.5) is 0 Å². The fraction of sp³-hybridized carbons (Fsp3) is 0.0714. The summed E-state index contributed by atoms with van der Waals surface area (Å²) in [5.74, 6) is -0.395. The van der Waals surface area contributed by atoms with E-state index in [1.54, 1.807) is 0 Å². The van der Waals surface area contributed by atoms with E-state index >= 15 is 0 Å². The van der Waals surface area contributed by atoms with Gasteiger partial charge in [0.05, 0.1) is 0 Å². The Bertz CT molecular complexity index is 529. The van der Waals surface area contributed by atoms with E-state index in [1.165, 1.54) is 11.5 Å². The maximum absolute atomic E-state index is 10.9. The number of rotatable bonds is 3. The number of ether oxygens (including phenoxy) is 1. The smallest absolute Gasteiger partial charge is 0.330 e. The number of esters is 1. The lowest BCUT2D eigenvalue weighted by molar-refractivity contribution is -0.138. The second-order valence-corrected chi connectivity index (χ2v) is 3.49. The highest BCUT2D eigenvalue weighted by Gasteiger charge is 1.99. The normalized spacial score (nSPS) is 10.0. The molecule has 2 rings (SSSR count). The van der Waals surface area contributed by atoms with Crippen molar-refractivity contribution in [3.8, 4) is 0 Å². The molecule has 0 aromatic heterocycles. The first-order chi connectivity index (χ1) is 7.79. The Morgan fingerprint density at radius 1 is 1.19 bits per heavy atom. The fourth-order valence-corrected chi connectivity index (χ4v) is 1.54. The minimum Gasteiger partial charge on any atom is -0.458 e. The minimum atomic E-state index is -0.395. The van der Waals surface area contributed by atoms with Crippen LogP contribution in [0.2, 0.25) is 0 Å². The van der Waals surface area contributed by atoms with Crippen molar-refractivity contribution in [2.24, 2.45) is 0 Å². The summed E-state index contributed by atoms with van der Waals surface area (Å²) >= 11 is 0. The van der Waals surface area contributed by atoms with Gasteiger partial charge < -0.3 is 4.74 Å². The largest absolute Gasteiger partial charge is 0.458 e. The molecule has 0 aliphatic heterocycles. The molecule has 0 fully saturated rings. The summed E-state index contributed by atoms with van der Waals surface area (Å²) in [5, 5.41) is 2.33. The predicted molar refractivity (Wildman–Crippen MR) is 63.9 cm³/mol. The molecule has 2 nitrogen and oxygen atoms in total. The number of hydrogen-bond acceptors (Lipinski definition) is 2. The highest BCUT2D eigenvalue weighted by atomic mass is 16.5. The maximum atomic E-state index is 10.9. The van der Waals surface area contributed by atoms with Gasteiger partial charge >= 0.3 is 5.97 Å². The molecule has 0 saturated carbocycles. The zero-order valence-corrected chi connectivity index (χ0v) is 8.85. The SMILES string of the molecule is C=CC(=O)OCc1ccc2ccccc2c1. The van der Waals surface area contributed by atoms with E-state index in [-0.39, 0.29) is 6.61 Å². The number of carbonyl (C=O) groups excluding carboxylic acids is 1. The third-order valence-electron chi connectivity index (χ3n) is 2.36. The lowest BCUT2D eigenvalue weighted by Gasteiger charge is -2.04. The third kappa shape index (κ3) is 2.28. The molecule has 0 N–H and O–H groups in total. The molecule has 0 aliphatic rings. The number of hydrogen-bond donors (Lipinski definition) is 0. The predicted octanol–water partition coefficient (Wildman–Crippen LogP) is 3.07. The van der Waals surface area contributed by atoms with E-state index in [9.17, 15) is 4.79 Å². The Kier molecular flexibility index (Phi) is 3.01. The molecule has 0 amide bonds. The zero-order valence-electron chi connectivity index (χ0n) is 8.85. The summed E-state index contributed by atoms with van der Waals surface area (Å²) in [6.07, 6.45) is 1.17. The van der Waals surface area contributed by atoms with Crippen molar-refractivity contribution in [3.05, 3.63) is 60.7 Å². The molecule has 0 heterocycles. The summed E-state index contributed by atoms with van der Waals surface area (Å²) in [4.78, 5) is 10.9. The van der Waals surface area contributed by atoms with Crippen molar-refractivity contribution in [2.45, 2.75) is 6.61 Å². The van der Waals surface area contributed by atoms with Gasteiger partial charge in [0.15, 0.2) is 0 Å². The van der Waals surface area contributed by atoms with Crippen LogP contribution in [-0.2, 0) is 16.1 Å². The Hall–Kier alpha value is -2.09. The van der Waals surface area contributed by atoms with Crippen LogP contribution in [0.25, 0.3) is 10.8 Å². The van der Waals surface area contributed by atoms with Gasteiger partial charge in [-0.05, 0) is 22.4 Å². The van der Waals surface area contributed by atoms with Gasteiger partial charge in [0.1, 0.15) is 6.61 Å². The monoisotopic (exact) mass is 212 g/mol. The van der Waals surface area contributed by atoms with Crippen LogP contribution < -0.4 is 0 Å². The van der Waals surface area contributed by atoms with Crippen LogP contribution in [0, 0.1) is 0 Å². The molecule has 0 spiro atoms. The number of benzene rings is 2. The van der Waals surface area contributed by atoms with Crippen molar-refractivity contribution in [3.63, 3.8) is 0 Å². The van der Waals surface area contributed by atoms with Crippen molar-refractivity contribution in [1.29, 1.82) is 0 Å². The molecule has 0 aliphatic carbocycles. The summed E-state index contributed by atoms with van der Waals surface area (Å²) in [7, 11) is 0. The van der Waals surface area contributed by atoms with Crippen molar-refractivity contribution < 1.29 is 9.53 Å². The minimum absolute atomic E-state index is 0.287. The molecule has 2 aromatic carbocycles. The highest BCUT2D eigenvalue weighted by Crippen LogP contribution is 2.16. The number of carbonyl (C=O) groups is 1. The summed E-state index contributed by atoms with van der Waals surface area (Å²) in [6.45, 7) is 3.64. The quantitative estimate of drug-likeness (QED) is 0.577. The molecule has 2 aromatic rings. The van der Waals surface area contributed by atoms with Crippen molar-refractivity contribution in [1.82, 2.24) is 0 Å². The molecule has 80 valence electrons. The summed E-state index contributed by atoms with van der Waals surface area (Å²) in [5.41, 5.74) is 0.980. The summed E-state index contributed by atoms with van der Waals surface area (Å²) in [6, 6.07) is 14.1. The molecular weight excluding hydrogens is 200 g/mol. The van der Waals surface area contributed by atoms with E-state index in [4.69, 9.17) is 4.74 Å². The van der Waals surface area contributed by atoms with Crippen LogP contribution in [-0.4, -0.2) is 5.97 Å². The van der Waals surface area contributed by atoms with Gasteiger partial charge in [0.2, 0.25) is 0 Å². The van der Waals surface area contributed by atoms with Gasteiger partial charge in [0.25, 0.3) is 0 Å². The molecule has 16 heavy (non-hydrogen) atoms. The average molecular weight is 212 g/mol. The Morgan fingerprint density at radius 2 is 1.94 bits per heavy atom. The van der Waals surface area contributed by atoms with Gasteiger partial charge in [-0.1, -0.05) is 43.0 Å². The van der Waals surface area contributed by atoms with E-state index in [1.807, 2.05) is 36.4 Å². The summed E-state index contributed by atoms with van der Waals surface area (Å²) < 4.78 is 4.97. The van der Waals surface area contributed by atoms with E-state index in [0.717, 1.165) is 10.9 Å². The Labute approximate surface area is 94.2 Å². The van der Waals surface area contributed by atoms with Crippen molar-refractivity contribution >= 4 is 16.7 Å². The van der Waals surface area contributed by atoms with Crippen LogP contribution in [0.5, 0.6) is 0 Å². The molecule has 0 unspecified atom stereocenters. The van der Waals surface area contributed by atoms with Crippen LogP contribution in [0.15, 0.2) is 55.1 Å². The topological polar surface area (TPSA) is 26.3 Å². The molecule has 0 radical (unpaired) electrons. The van der Waals surface area contributed by atoms with Gasteiger partial charge in [-0.15, -0.1) is 0 Å². The first-order valence-corrected chi connectivity index (χ1v) is 5.06. The molecule has 2 heteroatoms. The lowest BCUT2D eigenvalue weighted by Crippen LogP contribution is -1.99. The average Bonchev–Trinajstić information content (AvgIpc) is 2.35. The zero-order chi connectivity index (χ0) is 11.4. The molecular formula is C14H12O2. The van der Waals surface area contributed by atoms with Crippen molar-refractivity contribution in [2.75, 3.05) is 0 Å². The van der Waals surface area contributed by atoms with Crippen LogP contribution in [0.3, 0.4) is 0 Å². The second kappa shape index (κ2) is 4.62. The fourth-order valence-electron chi connectivity index (χ4n) is 1.54. The second-order valence-electron chi connectivity index (χ2n) is 3.49. The van der Waals surface area contributed by atoms with Gasteiger partial charge in [-0.2, -0.15) is 0 Å². The molecule has 0 atom stereocenters. The van der Waals surface area contributed by atoms with E-state index < -0.39 is 5.97 Å². The Morgan fingerprint density at radius 3 is 2.69 bits per heavy atom. The van der Waals surface area contributed by atoms with Gasteiger partial charge in [-0.3, -0.25) is 0 Å². The third-order valence-corrected chi connectivity index (χ3v) is 2.36. The standard InChI is InChI=1S/C14H12O2/c1-2-14(15)16-10-11-7-8-12-5-3-4-6-13(12)9-11/h2-9H,1,10H2. The first kappa shape index (κ1) is 10.4. The highest BCUT2D eigenvalue weighted by molar-refractivity contribution is 5.83. The molecule has 0 saturated heterocycles. The molecule has 0 bridgehead atoms. The maximum Gasteiger partial charge on any atom is 0.330 e. The lowest BCUT2D eigenvalue weighted by atomic mass is 10.1. The van der Waals surface area contributed by atoms with Gasteiger partial charge in [-0.25, -0.2) is 4.79 Å². The van der Waals surface area contributed by atoms with Gasteiger partial charge in [0, 0.05) is 6.08 Å².